The molecule has 2 aliphatic rings. The van der Waals surface area contributed by atoms with Crippen molar-refractivity contribution >= 4 is 5.91 Å². The van der Waals surface area contributed by atoms with Gasteiger partial charge in [-0.3, -0.25) is 4.79 Å². The van der Waals surface area contributed by atoms with E-state index < -0.39 is 5.60 Å². The number of carbonyl (C=O) groups excluding carboxylic acids is 1. The highest BCUT2D eigenvalue weighted by atomic mass is 16.5. The summed E-state index contributed by atoms with van der Waals surface area (Å²) in [6.07, 6.45) is 1.37. The van der Waals surface area contributed by atoms with Gasteiger partial charge in [0.25, 0.3) is 0 Å². The lowest BCUT2D eigenvalue weighted by atomic mass is 9.92. The first-order valence-corrected chi connectivity index (χ1v) is 6.80. The van der Waals surface area contributed by atoms with Crippen LogP contribution in [0.1, 0.15) is 31.2 Å². The van der Waals surface area contributed by atoms with Crippen LogP contribution in [0.5, 0.6) is 5.75 Å². The summed E-state index contributed by atoms with van der Waals surface area (Å²) in [7, 11) is 0. The van der Waals surface area contributed by atoms with E-state index >= 15 is 0 Å². The molecule has 2 heterocycles. The van der Waals surface area contributed by atoms with Crippen LogP contribution in [0.25, 0.3) is 0 Å². The maximum atomic E-state index is 12.6. The Balaban J connectivity index is 1.82. The second-order valence-electron chi connectivity index (χ2n) is 5.73. The number of ether oxygens (including phenoxy) is 1. The smallest absolute Gasteiger partial charge is 0.230 e. The first-order valence-electron chi connectivity index (χ1n) is 6.80. The molecule has 1 N–H and O–H groups in total. The molecule has 102 valence electrons. The number of aliphatic hydroxyl groups is 1. The second kappa shape index (κ2) is 4.53. The molecule has 0 saturated carbocycles. The number of para-hydroxylation sites is 1. The third-order valence-electron chi connectivity index (χ3n) is 4.02. The summed E-state index contributed by atoms with van der Waals surface area (Å²) in [5.74, 6) is 0.811. The molecule has 19 heavy (non-hydrogen) atoms. The number of rotatable bonds is 1. The van der Waals surface area contributed by atoms with Gasteiger partial charge < -0.3 is 14.7 Å². The summed E-state index contributed by atoms with van der Waals surface area (Å²) >= 11 is 0. The molecule has 3 rings (SSSR count). The Bertz CT molecular complexity index is 498. The van der Waals surface area contributed by atoms with E-state index in [1.54, 1.807) is 11.8 Å². The molecule has 0 radical (unpaired) electrons. The van der Waals surface area contributed by atoms with Crippen molar-refractivity contribution in [3.8, 4) is 5.75 Å². The quantitative estimate of drug-likeness (QED) is 0.834. The summed E-state index contributed by atoms with van der Waals surface area (Å²) in [5, 5.41) is 9.99. The molecule has 0 bridgehead atoms. The van der Waals surface area contributed by atoms with Crippen molar-refractivity contribution in [2.75, 3.05) is 19.7 Å². The van der Waals surface area contributed by atoms with E-state index in [-0.39, 0.29) is 11.8 Å². The fraction of sp³-hybridized carbons (Fsp3) is 0.533. The molecular formula is C15H19NO3. The van der Waals surface area contributed by atoms with Gasteiger partial charge in [-0.15, -0.1) is 0 Å². The standard InChI is InChI=1S/C15H19NO3/c1-15(18)7-8-16(10-15)14(17)12-6-9-19-13-5-3-2-4-11(12)13/h2-5,12,18H,6-10H2,1H3. The van der Waals surface area contributed by atoms with Gasteiger partial charge in [0.15, 0.2) is 0 Å². The molecule has 2 unspecified atom stereocenters. The van der Waals surface area contributed by atoms with Crippen LogP contribution in [0.2, 0.25) is 0 Å². The zero-order chi connectivity index (χ0) is 13.5. The monoisotopic (exact) mass is 261 g/mol. The van der Waals surface area contributed by atoms with Crippen LogP contribution in [0.4, 0.5) is 0 Å². The van der Waals surface area contributed by atoms with Crippen molar-refractivity contribution in [2.45, 2.75) is 31.3 Å². The van der Waals surface area contributed by atoms with Crippen LogP contribution in [0.15, 0.2) is 24.3 Å². The van der Waals surface area contributed by atoms with Gasteiger partial charge in [-0.1, -0.05) is 18.2 Å². The van der Waals surface area contributed by atoms with Crippen molar-refractivity contribution in [3.63, 3.8) is 0 Å². The van der Waals surface area contributed by atoms with E-state index in [9.17, 15) is 9.90 Å². The first kappa shape index (κ1) is 12.5. The zero-order valence-electron chi connectivity index (χ0n) is 11.1. The number of benzene rings is 1. The van der Waals surface area contributed by atoms with Crippen molar-refractivity contribution < 1.29 is 14.6 Å². The van der Waals surface area contributed by atoms with Crippen molar-refractivity contribution in [3.05, 3.63) is 29.8 Å². The molecule has 1 aromatic rings. The molecule has 2 aliphatic heterocycles. The topological polar surface area (TPSA) is 49.8 Å². The number of hydrogen-bond acceptors (Lipinski definition) is 3. The number of hydrogen-bond donors (Lipinski definition) is 1. The number of β-amino-alcohol motifs (C(OH)–C–C–N with tert-alkyl or cyclic N) is 1. The Labute approximate surface area is 113 Å². The van der Waals surface area contributed by atoms with Crippen LogP contribution >= 0.6 is 0 Å². The summed E-state index contributed by atoms with van der Waals surface area (Å²) in [5.41, 5.74) is 0.241. The summed E-state index contributed by atoms with van der Waals surface area (Å²) in [4.78, 5) is 14.4. The largest absolute Gasteiger partial charge is 0.493 e. The summed E-state index contributed by atoms with van der Waals surface area (Å²) in [6.45, 7) is 3.45. The minimum Gasteiger partial charge on any atom is -0.493 e. The summed E-state index contributed by atoms with van der Waals surface area (Å²) < 4.78 is 5.59. The lowest BCUT2D eigenvalue weighted by Crippen LogP contribution is -2.38. The zero-order valence-corrected chi connectivity index (χ0v) is 11.1. The molecule has 0 aromatic heterocycles. The third-order valence-corrected chi connectivity index (χ3v) is 4.02. The molecule has 2 atom stereocenters. The Morgan fingerprint density at radius 2 is 2.26 bits per heavy atom. The number of nitrogens with zero attached hydrogens (tertiary/aromatic N) is 1. The van der Waals surface area contributed by atoms with Crippen LogP contribution in [-0.2, 0) is 4.79 Å². The van der Waals surface area contributed by atoms with Gasteiger partial charge in [0.2, 0.25) is 5.91 Å². The third kappa shape index (κ3) is 2.32. The van der Waals surface area contributed by atoms with Gasteiger partial charge in [0.1, 0.15) is 5.75 Å². The molecular weight excluding hydrogens is 242 g/mol. The second-order valence-corrected chi connectivity index (χ2v) is 5.73. The van der Waals surface area contributed by atoms with Crippen LogP contribution in [0, 0.1) is 0 Å². The van der Waals surface area contributed by atoms with Gasteiger partial charge in [-0.2, -0.15) is 0 Å². The van der Waals surface area contributed by atoms with Gasteiger partial charge in [0, 0.05) is 18.7 Å². The van der Waals surface area contributed by atoms with Crippen LogP contribution in [0.3, 0.4) is 0 Å². The molecule has 4 nitrogen and oxygen atoms in total. The minimum atomic E-state index is -0.736. The van der Waals surface area contributed by atoms with Crippen LogP contribution in [-0.4, -0.2) is 41.2 Å². The highest BCUT2D eigenvalue weighted by molar-refractivity contribution is 5.85. The van der Waals surface area contributed by atoms with E-state index in [0.717, 1.165) is 11.3 Å². The molecule has 0 spiro atoms. The average molecular weight is 261 g/mol. The van der Waals surface area contributed by atoms with E-state index in [0.29, 0.717) is 32.5 Å². The van der Waals surface area contributed by atoms with Crippen molar-refractivity contribution in [2.24, 2.45) is 0 Å². The Hall–Kier alpha value is -1.55. The van der Waals surface area contributed by atoms with E-state index in [4.69, 9.17) is 4.74 Å². The minimum absolute atomic E-state index is 0.119. The van der Waals surface area contributed by atoms with Gasteiger partial charge in [-0.25, -0.2) is 0 Å². The molecule has 0 aliphatic carbocycles. The highest BCUT2D eigenvalue weighted by Crippen LogP contribution is 2.35. The van der Waals surface area contributed by atoms with Gasteiger partial charge >= 0.3 is 0 Å². The number of carbonyl (C=O) groups is 1. The van der Waals surface area contributed by atoms with E-state index in [1.807, 2.05) is 24.3 Å². The lowest BCUT2D eigenvalue weighted by Gasteiger charge is -2.29. The first-order chi connectivity index (χ1) is 9.07. The average Bonchev–Trinajstić information content (AvgIpc) is 2.78. The predicted octanol–water partition coefficient (Wildman–Crippen LogP) is 1.54. The Kier molecular flexibility index (Phi) is 2.97. The highest BCUT2D eigenvalue weighted by Gasteiger charge is 2.38. The number of likely N-dealkylation sites (tertiary alicyclic amines) is 1. The fourth-order valence-electron chi connectivity index (χ4n) is 2.95. The Morgan fingerprint density at radius 1 is 1.47 bits per heavy atom. The van der Waals surface area contributed by atoms with Gasteiger partial charge in [0.05, 0.1) is 18.1 Å². The van der Waals surface area contributed by atoms with E-state index in [1.165, 1.54) is 0 Å². The van der Waals surface area contributed by atoms with Gasteiger partial charge in [-0.05, 0) is 25.8 Å². The molecule has 4 heteroatoms. The van der Waals surface area contributed by atoms with Crippen molar-refractivity contribution in [1.82, 2.24) is 4.90 Å². The van der Waals surface area contributed by atoms with E-state index in [2.05, 4.69) is 0 Å². The SMILES string of the molecule is CC1(O)CCN(C(=O)C2CCOc3ccccc32)C1. The molecule has 1 amide bonds. The fourth-order valence-corrected chi connectivity index (χ4v) is 2.95. The lowest BCUT2D eigenvalue weighted by molar-refractivity contribution is -0.133. The van der Waals surface area contributed by atoms with Crippen LogP contribution < -0.4 is 4.74 Å². The number of fused-ring (bicyclic) bond motifs is 1. The number of amides is 1. The normalized spacial score (nSPS) is 29.8. The maximum absolute atomic E-state index is 12.6. The van der Waals surface area contributed by atoms with Crippen molar-refractivity contribution in [1.29, 1.82) is 0 Å². The maximum Gasteiger partial charge on any atom is 0.230 e. The predicted molar refractivity (Wildman–Crippen MR) is 71.1 cm³/mol. The Morgan fingerprint density at radius 3 is 3.00 bits per heavy atom. The molecule has 1 fully saturated rings. The molecule has 1 aromatic carbocycles. The molecule has 1 saturated heterocycles. The summed E-state index contributed by atoms with van der Waals surface area (Å²) in [6, 6.07) is 7.74.